The summed E-state index contributed by atoms with van der Waals surface area (Å²) in [5.74, 6) is -0.326. The van der Waals surface area contributed by atoms with Gasteiger partial charge in [0.05, 0.1) is 6.10 Å². The summed E-state index contributed by atoms with van der Waals surface area (Å²) in [4.78, 5) is 1.74. The van der Waals surface area contributed by atoms with Crippen LogP contribution < -0.4 is 4.74 Å². The maximum absolute atomic E-state index is 12.0. The van der Waals surface area contributed by atoms with Crippen molar-refractivity contribution in [1.82, 2.24) is 4.90 Å². The molecule has 1 rings (SSSR count). The molecule has 0 radical (unpaired) electrons. The van der Waals surface area contributed by atoms with Gasteiger partial charge in [-0.05, 0) is 31.8 Å². The summed E-state index contributed by atoms with van der Waals surface area (Å²) in [6.07, 6.45) is -5.56. The number of halogens is 3. The van der Waals surface area contributed by atoms with E-state index in [0.717, 1.165) is 0 Å². The lowest BCUT2D eigenvalue weighted by atomic mass is 10.1. The Labute approximate surface area is 97.4 Å². The van der Waals surface area contributed by atoms with Gasteiger partial charge in [0, 0.05) is 6.54 Å². The first-order valence-electron chi connectivity index (χ1n) is 4.96. The quantitative estimate of drug-likeness (QED) is 0.887. The predicted octanol–water partition coefficient (Wildman–Crippen LogP) is 2.18. The predicted molar refractivity (Wildman–Crippen MR) is 56.6 cm³/mol. The second-order valence-electron chi connectivity index (χ2n) is 3.90. The SMILES string of the molecule is CN(C)CC(O)c1cccc(OC(F)(F)F)c1. The van der Waals surface area contributed by atoms with E-state index >= 15 is 0 Å². The molecule has 1 N–H and O–H groups in total. The average Bonchev–Trinajstić information content (AvgIpc) is 2.14. The molecule has 0 bridgehead atoms. The molecule has 0 heterocycles. The van der Waals surface area contributed by atoms with Crippen LogP contribution in [0.2, 0.25) is 0 Å². The molecule has 1 unspecified atom stereocenters. The number of hydrogen-bond acceptors (Lipinski definition) is 3. The fourth-order valence-electron chi connectivity index (χ4n) is 1.37. The smallest absolute Gasteiger partial charge is 0.406 e. The van der Waals surface area contributed by atoms with Crippen LogP contribution in [0.25, 0.3) is 0 Å². The van der Waals surface area contributed by atoms with Gasteiger partial charge in [-0.15, -0.1) is 13.2 Å². The lowest BCUT2D eigenvalue weighted by Gasteiger charge is -2.17. The van der Waals surface area contributed by atoms with E-state index in [0.29, 0.717) is 12.1 Å². The monoisotopic (exact) mass is 249 g/mol. The van der Waals surface area contributed by atoms with Gasteiger partial charge in [-0.25, -0.2) is 0 Å². The number of nitrogens with zero attached hydrogens (tertiary/aromatic N) is 1. The average molecular weight is 249 g/mol. The topological polar surface area (TPSA) is 32.7 Å². The van der Waals surface area contributed by atoms with Crippen molar-refractivity contribution in [2.24, 2.45) is 0 Å². The summed E-state index contributed by atoms with van der Waals surface area (Å²) in [5.41, 5.74) is 0.389. The first-order chi connectivity index (χ1) is 7.78. The van der Waals surface area contributed by atoms with Crippen LogP contribution >= 0.6 is 0 Å². The highest BCUT2D eigenvalue weighted by Gasteiger charge is 2.31. The molecule has 1 atom stereocenters. The van der Waals surface area contributed by atoms with Gasteiger partial charge in [0.25, 0.3) is 0 Å². The van der Waals surface area contributed by atoms with Crippen LogP contribution in [0.15, 0.2) is 24.3 Å². The zero-order chi connectivity index (χ0) is 13.1. The van der Waals surface area contributed by atoms with Gasteiger partial charge in [0.15, 0.2) is 0 Å². The van der Waals surface area contributed by atoms with Crippen molar-refractivity contribution >= 4 is 0 Å². The molecule has 1 aromatic rings. The highest BCUT2D eigenvalue weighted by atomic mass is 19.4. The normalized spacial score (nSPS) is 13.8. The molecular weight excluding hydrogens is 235 g/mol. The van der Waals surface area contributed by atoms with Crippen LogP contribution in [0.5, 0.6) is 5.75 Å². The summed E-state index contributed by atoms with van der Waals surface area (Å²) < 4.78 is 39.7. The van der Waals surface area contributed by atoms with Crippen molar-refractivity contribution in [2.75, 3.05) is 20.6 Å². The minimum atomic E-state index is -4.72. The van der Waals surface area contributed by atoms with Crippen molar-refractivity contribution in [3.8, 4) is 5.75 Å². The van der Waals surface area contributed by atoms with Crippen LogP contribution in [-0.4, -0.2) is 37.0 Å². The first-order valence-corrected chi connectivity index (χ1v) is 4.96. The van der Waals surface area contributed by atoms with Gasteiger partial charge >= 0.3 is 6.36 Å². The van der Waals surface area contributed by atoms with Gasteiger partial charge in [-0.3, -0.25) is 0 Å². The van der Waals surface area contributed by atoms with Gasteiger partial charge in [-0.2, -0.15) is 0 Å². The lowest BCUT2D eigenvalue weighted by molar-refractivity contribution is -0.274. The first kappa shape index (κ1) is 13.8. The minimum Gasteiger partial charge on any atom is -0.406 e. The van der Waals surface area contributed by atoms with E-state index < -0.39 is 12.5 Å². The Hall–Kier alpha value is -1.27. The van der Waals surface area contributed by atoms with E-state index in [1.807, 2.05) is 0 Å². The second-order valence-corrected chi connectivity index (χ2v) is 3.90. The van der Waals surface area contributed by atoms with Crippen LogP contribution in [0.1, 0.15) is 11.7 Å². The summed E-state index contributed by atoms with van der Waals surface area (Å²) in [6, 6.07) is 5.34. The number of hydrogen-bond donors (Lipinski definition) is 1. The maximum Gasteiger partial charge on any atom is 0.573 e. The molecule has 0 aliphatic heterocycles. The van der Waals surface area contributed by atoms with E-state index in [9.17, 15) is 18.3 Å². The van der Waals surface area contributed by atoms with Gasteiger partial charge < -0.3 is 14.7 Å². The van der Waals surface area contributed by atoms with Crippen molar-refractivity contribution < 1.29 is 23.0 Å². The highest BCUT2D eigenvalue weighted by Crippen LogP contribution is 2.25. The summed E-state index contributed by atoms with van der Waals surface area (Å²) in [5, 5.41) is 9.74. The standard InChI is InChI=1S/C11H14F3NO2/c1-15(2)7-10(16)8-4-3-5-9(6-8)17-11(12,13)14/h3-6,10,16H,7H2,1-2H3. The van der Waals surface area contributed by atoms with E-state index in [-0.39, 0.29) is 5.75 Å². The summed E-state index contributed by atoms with van der Waals surface area (Å²) in [6.45, 7) is 0.329. The van der Waals surface area contributed by atoms with Gasteiger partial charge in [0.2, 0.25) is 0 Å². The number of benzene rings is 1. The molecule has 0 spiro atoms. The van der Waals surface area contributed by atoms with Crippen molar-refractivity contribution in [3.63, 3.8) is 0 Å². The Kier molecular flexibility index (Phi) is 4.36. The zero-order valence-corrected chi connectivity index (χ0v) is 9.53. The Morgan fingerprint density at radius 3 is 2.53 bits per heavy atom. The Morgan fingerprint density at radius 2 is 2.00 bits per heavy atom. The number of ether oxygens (including phenoxy) is 1. The molecule has 0 aromatic heterocycles. The molecule has 0 amide bonds. The third-order valence-electron chi connectivity index (χ3n) is 2.01. The molecule has 0 saturated heterocycles. The van der Waals surface area contributed by atoms with Crippen molar-refractivity contribution in [3.05, 3.63) is 29.8 Å². The van der Waals surface area contributed by atoms with Crippen molar-refractivity contribution in [1.29, 1.82) is 0 Å². The highest BCUT2D eigenvalue weighted by molar-refractivity contribution is 5.30. The van der Waals surface area contributed by atoms with E-state index in [4.69, 9.17) is 0 Å². The molecule has 17 heavy (non-hydrogen) atoms. The third-order valence-corrected chi connectivity index (χ3v) is 2.01. The van der Waals surface area contributed by atoms with E-state index in [1.165, 1.54) is 18.2 Å². The van der Waals surface area contributed by atoms with Crippen molar-refractivity contribution in [2.45, 2.75) is 12.5 Å². The van der Waals surface area contributed by atoms with Crippen LogP contribution in [0.3, 0.4) is 0 Å². The van der Waals surface area contributed by atoms with Crippen LogP contribution in [-0.2, 0) is 0 Å². The summed E-state index contributed by atoms with van der Waals surface area (Å²) in [7, 11) is 3.53. The lowest BCUT2D eigenvalue weighted by Crippen LogP contribution is -2.20. The zero-order valence-electron chi connectivity index (χ0n) is 9.53. The minimum absolute atomic E-state index is 0.326. The van der Waals surface area contributed by atoms with Crippen LogP contribution in [0.4, 0.5) is 13.2 Å². The largest absolute Gasteiger partial charge is 0.573 e. The number of likely N-dealkylation sites (N-methyl/N-ethyl adjacent to an activating group) is 1. The van der Waals surface area contributed by atoms with Crippen LogP contribution in [0, 0.1) is 0 Å². The summed E-state index contributed by atoms with van der Waals surface area (Å²) >= 11 is 0. The number of aliphatic hydroxyl groups is 1. The molecule has 0 saturated carbocycles. The molecule has 3 nitrogen and oxygen atoms in total. The molecule has 96 valence electrons. The molecule has 1 aromatic carbocycles. The molecule has 0 fully saturated rings. The van der Waals surface area contributed by atoms with E-state index in [1.54, 1.807) is 25.1 Å². The molecular formula is C11H14F3NO2. The number of alkyl halides is 3. The maximum atomic E-state index is 12.0. The fraction of sp³-hybridized carbons (Fsp3) is 0.455. The number of aliphatic hydroxyl groups excluding tert-OH is 1. The molecule has 0 aliphatic rings. The van der Waals surface area contributed by atoms with E-state index in [2.05, 4.69) is 4.74 Å². The second kappa shape index (κ2) is 5.37. The molecule has 0 aliphatic carbocycles. The fourth-order valence-corrected chi connectivity index (χ4v) is 1.37. The third kappa shape index (κ3) is 5.06. The Morgan fingerprint density at radius 1 is 1.35 bits per heavy atom. The Bertz CT molecular complexity index is 366. The number of rotatable bonds is 4. The molecule has 6 heteroatoms. The Balaban J connectivity index is 2.78. The van der Waals surface area contributed by atoms with Gasteiger partial charge in [-0.1, -0.05) is 12.1 Å². The van der Waals surface area contributed by atoms with Gasteiger partial charge in [0.1, 0.15) is 5.75 Å².